The van der Waals surface area contributed by atoms with Gasteiger partial charge in [-0.3, -0.25) is 4.79 Å². The number of carbonyl (C=O) groups is 2. The number of rotatable bonds is 1. The molecule has 13 heavy (non-hydrogen) atoms. The van der Waals surface area contributed by atoms with Gasteiger partial charge >= 0.3 is 11.9 Å². The van der Waals surface area contributed by atoms with Crippen LogP contribution in [0.1, 0.15) is 22.8 Å². The lowest BCUT2D eigenvalue weighted by atomic mass is 10.1. The average molecular weight is 178 g/mol. The number of carbonyl (C=O) groups excluding carboxylic acids is 2. The molecule has 3 nitrogen and oxygen atoms in total. The first-order chi connectivity index (χ1) is 6.11. The van der Waals surface area contributed by atoms with E-state index in [0.29, 0.717) is 5.56 Å². The van der Waals surface area contributed by atoms with Gasteiger partial charge in [-0.2, -0.15) is 0 Å². The second kappa shape index (κ2) is 3.85. The summed E-state index contributed by atoms with van der Waals surface area (Å²) >= 11 is 0. The molecular formula is C10H10O3. The highest BCUT2D eigenvalue weighted by molar-refractivity contribution is 5.97. The van der Waals surface area contributed by atoms with Crippen LogP contribution < -0.4 is 0 Å². The van der Waals surface area contributed by atoms with Gasteiger partial charge in [-0.25, -0.2) is 4.79 Å². The lowest BCUT2D eigenvalue weighted by molar-refractivity contribution is -0.135. The summed E-state index contributed by atoms with van der Waals surface area (Å²) in [5.74, 6) is -1.18. The van der Waals surface area contributed by atoms with Gasteiger partial charge in [0.15, 0.2) is 0 Å². The molecule has 1 aromatic rings. The molecule has 0 saturated heterocycles. The molecule has 0 atom stereocenters. The molecule has 0 spiro atoms. The molecule has 0 radical (unpaired) electrons. The van der Waals surface area contributed by atoms with Gasteiger partial charge in [-0.15, -0.1) is 0 Å². The number of benzene rings is 1. The van der Waals surface area contributed by atoms with Crippen LogP contribution in [-0.4, -0.2) is 11.9 Å². The van der Waals surface area contributed by atoms with Gasteiger partial charge in [0.1, 0.15) is 0 Å². The third kappa shape index (κ3) is 2.40. The molecular weight excluding hydrogens is 168 g/mol. The Hall–Kier alpha value is -1.64. The van der Waals surface area contributed by atoms with Crippen molar-refractivity contribution in [2.24, 2.45) is 0 Å². The van der Waals surface area contributed by atoms with E-state index < -0.39 is 11.9 Å². The summed E-state index contributed by atoms with van der Waals surface area (Å²) in [6.07, 6.45) is 0. The van der Waals surface area contributed by atoms with Gasteiger partial charge in [0.25, 0.3) is 0 Å². The highest BCUT2D eigenvalue weighted by Crippen LogP contribution is 2.08. The van der Waals surface area contributed by atoms with Gasteiger partial charge in [0.05, 0.1) is 5.56 Å². The molecule has 0 N–H and O–H groups in total. The Balaban J connectivity index is 2.89. The third-order valence-corrected chi connectivity index (χ3v) is 1.60. The maximum absolute atomic E-state index is 11.2. The largest absolute Gasteiger partial charge is 0.390 e. The van der Waals surface area contributed by atoms with Crippen molar-refractivity contribution in [2.45, 2.75) is 13.8 Å². The van der Waals surface area contributed by atoms with Crippen LogP contribution in [0.4, 0.5) is 0 Å². The predicted octanol–water partition coefficient (Wildman–Crippen LogP) is 1.70. The lowest BCUT2D eigenvalue weighted by Gasteiger charge is -2.02. The Morgan fingerprint density at radius 3 is 2.38 bits per heavy atom. The Bertz CT molecular complexity index is 342. The van der Waals surface area contributed by atoms with E-state index in [4.69, 9.17) is 0 Å². The smallest absolute Gasteiger partial charge is 0.346 e. The molecule has 0 aliphatic heterocycles. The van der Waals surface area contributed by atoms with Crippen LogP contribution in [0.15, 0.2) is 24.3 Å². The average Bonchev–Trinajstić information content (AvgIpc) is 2.03. The number of esters is 2. The van der Waals surface area contributed by atoms with E-state index in [1.165, 1.54) is 6.92 Å². The molecule has 68 valence electrons. The Morgan fingerprint density at radius 1 is 1.23 bits per heavy atom. The highest BCUT2D eigenvalue weighted by Gasteiger charge is 2.10. The normalized spacial score (nSPS) is 9.38. The van der Waals surface area contributed by atoms with Crippen LogP contribution in [0.3, 0.4) is 0 Å². The standard InChI is InChI=1S/C10H10O3/c1-7-5-3-4-6-9(7)10(12)13-8(2)11/h3-6H,1-2H3. The Kier molecular flexibility index (Phi) is 2.80. The topological polar surface area (TPSA) is 43.4 Å². The van der Waals surface area contributed by atoms with Crippen molar-refractivity contribution >= 4 is 11.9 Å². The van der Waals surface area contributed by atoms with E-state index in [9.17, 15) is 9.59 Å². The van der Waals surface area contributed by atoms with E-state index >= 15 is 0 Å². The van der Waals surface area contributed by atoms with Gasteiger partial charge < -0.3 is 4.74 Å². The first kappa shape index (κ1) is 9.45. The second-order valence-electron chi connectivity index (χ2n) is 2.70. The molecule has 0 aromatic heterocycles. The summed E-state index contributed by atoms with van der Waals surface area (Å²) in [5, 5.41) is 0. The van der Waals surface area contributed by atoms with Gasteiger partial charge in [-0.05, 0) is 18.6 Å². The number of hydrogen-bond donors (Lipinski definition) is 0. The van der Waals surface area contributed by atoms with Crippen molar-refractivity contribution < 1.29 is 14.3 Å². The molecule has 0 aliphatic carbocycles. The number of ether oxygens (including phenoxy) is 1. The fourth-order valence-electron chi connectivity index (χ4n) is 0.987. The van der Waals surface area contributed by atoms with Crippen molar-refractivity contribution in [3.05, 3.63) is 35.4 Å². The van der Waals surface area contributed by atoms with Crippen LogP contribution >= 0.6 is 0 Å². The first-order valence-corrected chi connectivity index (χ1v) is 3.89. The van der Waals surface area contributed by atoms with E-state index in [2.05, 4.69) is 4.74 Å². The van der Waals surface area contributed by atoms with Crippen LogP contribution in [0.5, 0.6) is 0 Å². The first-order valence-electron chi connectivity index (χ1n) is 3.89. The molecule has 0 heterocycles. The second-order valence-corrected chi connectivity index (χ2v) is 2.70. The van der Waals surface area contributed by atoms with Crippen LogP contribution in [0.2, 0.25) is 0 Å². The molecule has 3 heteroatoms. The van der Waals surface area contributed by atoms with Crippen molar-refractivity contribution in [3.63, 3.8) is 0 Å². The van der Waals surface area contributed by atoms with Crippen molar-refractivity contribution in [1.82, 2.24) is 0 Å². The number of hydrogen-bond acceptors (Lipinski definition) is 3. The zero-order valence-electron chi connectivity index (χ0n) is 7.53. The summed E-state index contributed by atoms with van der Waals surface area (Å²) < 4.78 is 4.44. The van der Waals surface area contributed by atoms with E-state index in [0.717, 1.165) is 5.56 Å². The molecule has 0 bridgehead atoms. The van der Waals surface area contributed by atoms with E-state index in [-0.39, 0.29) is 0 Å². The quantitative estimate of drug-likeness (QED) is 0.485. The monoisotopic (exact) mass is 178 g/mol. The van der Waals surface area contributed by atoms with Gasteiger partial charge in [-0.1, -0.05) is 18.2 Å². The zero-order valence-corrected chi connectivity index (χ0v) is 7.53. The SMILES string of the molecule is CC(=O)OC(=O)c1ccccc1C. The van der Waals surface area contributed by atoms with Crippen LogP contribution in [-0.2, 0) is 9.53 Å². The summed E-state index contributed by atoms with van der Waals surface area (Å²) in [6.45, 7) is 2.99. The fraction of sp³-hybridized carbons (Fsp3) is 0.200. The maximum atomic E-state index is 11.2. The lowest BCUT2D eigenvalue weighted by Crippen LogP contribution is -2.10. The van der Waals surface area contributed by atoms with Gasteiger partial charge in [0, 0.05) is 6.92 Å². The predicted molar refractivity (Wildman–Crippen MR) is 47.3 cm³/mol. The summed E-state index contributed by atoms with van der Waals surface area (Å²) in [4.78, 5) is 21.7. The number of aryl methyl sites for hydroxylation is 1. The van der Waals surface area contributed by atoms with Crippen LogP contribution in [0, 0.1) is 6.92 Å². The molecule has 1 aromatic carbocycles. The Labute approximate surface area is 76.3 Å². The zero-order chi connectivity index (χ0) is 9.84. The minimum absolute atomic E-state index is 0.428. The minimum atomic E-state index is -0.592. The molecule has 0 saturated carbocycles. The van der Waals surface area contributed by atoms with Crippen LogP contribution in [0.25, 0.3) is 0 Å². The molecule has 1 rings (SSSR count). The van der Waals surface area contributed by atoms with E-state index in [1.54, 1.807) is 25.1 Å². The summed E-state index contributed by atoms with van der Waals surface area (Å²) in [7, 11) is 0. The fourth-order valence-corrected chi connectivity index (χ4v) is 0.987. The molecule has 0 unspecified atom stereocenters. The molecule has 0 amide bonds. The van der Waals surface area contributed by atoms with Crippen molar-refractivity contribution in [1.29, 1.82) is 0 Å². The third-order valence-electron chi connectivity index (χ3n) is 1.60. The summed E-state index contributed by atoms with van der Waals surface area (Å²) in [6, 6.07) is 6.96. The minimum Gasteiger partial charge on any atom is -0.390 e. The van der Waals surface area contributed by atoms with Crippen molar-refractivity contribution in [3.8, 4) is 0 Å². The van der Waals surface area contributed by atoms with Crippen molar-refractivity contribution in [2.75, 3.05) is 0 Å². The van der Waals surface area contributed by atoms with Gasteiger partial charge in [0.2, 0.25) is 0 Å². The molecule has 0 aliphatic rings. The summed E-state index contributed by atoms with van der Waals surface area (Å²) in [5.41, 5.74) is 1.23. The maximum Gasteiger partial charge on any atom is 0.346 e. The van der Waals surface area contributed by atoms with E-state index in [1.807, 2.05) is 6.07 Å². The Morgan fingerprint density at radius 2 is 1.85 bits per heavy atom. The highest BCUT2D eigenvalue weighted by atomic mass is 16.6. The molecule has 0 fully saturated rings.